The maximum atomic E-state index is 14.7. The highest BCUT2D eigenvalue weighted by atomic mass is 35.5. The normalized spacial score (nSPS) is 12.3. The summed E-state index contributed by atoms with van der Waals surface area (Å²) in [7, 11) is 0. The lowest BCUT2D eigenvalue weighted by molar-refractivity contribution is -0.123. The first-order chi connectivity index (χ1) is 22.7. The van der Waals surface area contributed by atoms with Crippen LogP contribution < -0.4 is 10.6 Å². The zero-order valence-electron chi connectivity index (χ0n) is 25.3. The zero-order chi connectivity index (χ0) is 33.3. The Morgan fingerprint density at radius 1 is 0.851 bits per heavy atom. The van der Waals surface area contributed by atoms with Gasteiger partial charge in [0, 0.05) is 40.5 Å². The van der Waals surface area contributed by atoms with E-state index < -0.39 is 53.3 Å². The zero-order valence-corrected chi connectivity index (χ0v) is 26.0. The van der Waals surface area contributed by atoms with Gasteiger partial charge in [-0.05, 0) is 54.4 Å². The molecule has 12 heteroatoms. The Balaban J connectivity index is 1.38. The Bertz CT molecular complexity index is 1850. The second kappa shape index (κ2) is 15.3. The smallest absolute Gasteiger partial charge is 0.286 e. The van der Waals surface area contributed by atoms with Gasteiger partial charge in [-0.1, -0.05) is 67.8 Å². The van der Waals surface area contributed by atoms with E-state index in [1.165, 1.54) is 12.3 Å². The number of ketones is 1. The van der Waals surface area contributed by atoms with Crippen LogP contribution in [0.4, 0.5) is 8.78 Å². The number of unbranched alkanes of at least 4 members (excludes halogenated alkanes) is 1. The van der Waals surface area contributed by atoms with E-state index in [0.29, 0.717) is 23.4 Å². The first kappa shape index (κ1) is 33.1. The van der Waals surface area contributed by atoms with Gasteiger partial charge in [0.2, 0.25) is 17.6 Å². The number of nitrogens with zero attached hydrogens (tertiary/aromatic N) is 3. The Kier molecular flexibility index (Phi) is 10.8. The highest BCUT2D eigenvalue weighted by Gasteiger charge is 2.31. The van der Waals surface area contributed by atoms with Crippen LogP contribution >= 0.6 is 11.6 Å². The van der Waals surface area contributed by atoms with Crippen LogP contribution in [-0.2, 0) is 11.2 Å². The number of pyridine rings is 1. The molecule has 1 unspecified atom stereocenters. The summed E-state index contributed by atoms with van der Waals surface area (Å²) < 4.78 is 35.0. The minimum atomic E-state index is -1.46. The van der Waals surface area contributed by atoms with Gasteiger partial charge in [0.15, 0.2) is 0 Å². The molecule has 2 amide bonds. The molecule has 0 spiro atoms. The van der Waals surface area contributed by atoms with Gasteiger partial charge in [-0.2, -0.15) is 0 Å². The Hall–Kier alpha value is -5.29. The number of halogens is 3. The topological polar surface area (TPSA) is 127 Å². The molecular weight excluding hydrogens is 628 g/mol. The number of hydrogen-bond acceptors (Lipinski definition) is 7. The molecule has 3 aromatic carbocycles. The lowest BCUT2D eigenvalue weighted by Crippen LogP contribution is -2.52. The van der Waals surface area contributed by atoms with E-state index in [2.05, 4.69) is 25.8 Å². The first-order valence-electron chi connectivity index (χ1n) is 14.9. The predicted octanol–water partition coefficient (Wildman–Crippen LogP) is 6.63. The SMILES string of the molecule is CCCC[C@H](NC(=O)C(Cc1c(F)cccc1F)NC(=O)c1ccc(-c2ccccc2Cl)cc1)C(=O)c1nnc(-c2cccnc2)o1. The van der Waals surface area contributed by atoms with E-state index in [0.717, 1.165) is 23.3 Å². The number of carbonyl (C=O) groups excluding carboxylic acids is 3. The third-order valence-corrected chi connectivity index (χ3v) is 7.78. The van der Waals surface area contributed by atoms with Crippen LogP contribution in [-0.4, -0.2) is 44.9 Å². The summed E-state index contributed by atoms with van der Waals surface area (Å²) in [5, 5.41) is 13.6. The molecule has 2 aromatic heterocycles. The number of hydrogen-bond donors (Lipinski definition) is 2. The Labute approximate surface area is 274 Å². The van der Waals surface area contributed by atoms with Gasteiger partial charge >= 0.3 is 0 Å². The van der Waals surface area contributed by atoms with Gasteiger partial charge in [-0.3, -0.25) is 19.4 Å². The number of carbonyl (C=O) groups is 3. The maximum absolute atomic E-state index is 14.7. The molecule has 5 rings (SSSR count). The van der Waals surface area contributed by atoms with E-state index in [1.807, 2.05) is 19.1 Å². The molecule has 240 valence electrons. The summed E-state index contributed by atoms with van der Waals surface area (Å²) in [6.45, 7) is 1.91. The van der Waals surface area contributed by atoms with E-state index >= 15 is 0 Å². The number of nitrogens with one attached hydrogen (secondary N) is 2. The van der Waals surface area contributed by atoms with Crippen molar-refractivity contribution in [3.63, 3.8) is 0 Å². The summed E-state index contributed by atoms with van der Waals surface area (Å²) in [6.07, 6.45) is 4.02. The molecule has 0 aliphatic carbocycles. The second-order valence-electron chi connectivity index (χ2n) is 10.7. The Morgan fingerprint density at radius 3 is 2.28 bits per heavy atom. The molecule has 0 radical (unpaired) electrons. The van der Waals surface area contributed by atoms with Crippen molar-refractivity contribution in [1.29, 1.82) is 0 Å². The third-order valence-electron chi connectivity index (χ3n) is 7.45. The lowest BCUT2D eigenvalue weighted by atomic mass is 10.0. The molecular formula is C35H30ClF2N5O4. The Morgan fingerprint density at radius 2 is 1.60 bits per heavy atom. The molecule has 47 heavy (non-hydrogen) atoms. The minimum Gasteiger partial charge on any atom is -0.413 e. The van der Waals surface area contributed by atoms with Crippen molar-refractivity contribution in [3.8, 4) is 22.6 Å². The fourth-order valence-electron chi connectivity index (χ4n) is 4.91. The average molecular weight is 658 g/mol. The molecule has 0 aliphatic heterocycles. The van der Waals surface area contributed by atoms with Crippen LogP contribution in [0.5, 0.6) is 0 Å². The minimum absolute atomic E-state index is 0.0720. The fourth-order valence-corrected chi connectivity index (χ4v) is 5.15. The van der Waals surface area contributed by atoms with Crippen molar-refractivity contribution in [2.75, 3.05) is 0 Å². The number of Topliss-reactive ketones (excluding diaryl/α,β-unsaturated/α-hetero) is 1. The summed E-state index contributed by atoms with van der Waals surface area (Å²) in [6, 6.07) is 17.8. The summed E-state index contributed by atoms with van der Waals surface area (Å²) >= 11 is 6.31. The number of amides is 2. The van der Waals surface area contributed by atoms with Gasteiger partial charge in [-0.25, -0.2) is 8.78 Å². The monoisotopic (exact) mass is 657 g/mol. The van der Waals surface area contributed by atoms with Crippen molar-refractivity contribution < 1.29 is 27.6 Å². The van der Waals surface area contributed by atoms with Crippen LogP contribution in [0.25, 0.3) is 22.6 Å². The molecule has 0 saturated heterocycles. The molecule has 0 aliphatic rings. The van der Waals surface area contributed by atoms with Crippen molar-refractivity contribution >= 4 is 29.2 Å². The number of rotatable bonds is 13. The van der Waals surface area contributed by atoms with E-state index in [4.69, 9.17) is 16.0 Å². The molecule has 9 nitrogen and oxygen atoms in total. The van der Waals surface area contributed by atoms with Gasteiger partial charge in [0.05, 0.1) is 11.6 Å². The van der Waals surface area contributed by atoms with E-state index in [-0.39, 0.29) is 23.8 Å². The van der Waals surface area contributed by atoms with Crippen molar-refractivity contribution in [2.45, 2.75) is 44.7 Å². The van der Waals surface area contributed by atoms with E-state index in [9.17, 15) is 23.2 Å². The van der Waals surface area contributed by atoms with Gasteiger partial charge in [0.1, 0.15) is 17.7 Å². The number of benzene rings is 3. The van der Waals surface area contributed by atoms with Crippen LogP contribution in [0, 0.1) is 11.6 Å². The van der Waals surface area contributed by atoms with Crippen molar-refractivity contribution in [3.05, 3.63) is 125 Å². The second-order valence-corrected chi connectivity index (χ2v) is 11.1. The van der Waals surface area contributed by atoms with Crippen molar-refractivity contribution in [1.82, 2.24) is 25.8 Å². The van der Waals surface area contributed by atoms with Crippen molar-refractivity contribution in [2.24, 2.45) is 0 Å². The van der Waals surface area contributed by atoms with Gasteiger partial charge in [0.25, 0.3) is 11.8 Å². The van der Waals surface area contributed by atoms with Crippen LogP contribution in [0.2, 0.25) is 5.02 Å². The highest BCUT2D eigenvalue weighted by molar-refractivity contribution is 6.33. The quantitative estimate of drug-likeness (QED) is 0.136. The molecule has 2 heterocycles. The van der Waals surface area contributed by atoms with Crippen LogP contribution in [0.3, 0.4) is 0 Å². The average Bonchev–Trinajstić information content (AvgIpc) is 3.59. The molecule has 2 N–H and O–H groups in total. The summed E-state index contributed by atoms with van der Waals surface area (Å²) in [5.74, 6) is -4.15. The van der Waals surface area contributed by atoms with E-state index in [1.54, 1.807) is 54.7 Å². The van der Waals surface area contributed by atoms with Gasteiger partial charge in [-0.15, -0.1) is 10.2 Å². The van der Waals surface area contributed by atoms with Crippen LogP contribution in [0.1, 0.15) is 52.8 Å². The number of aromatic nitrogens is 3. The summed E-state index contributed by atoms with van der Waals surface area (Å²) in [4.78, 5) is 44.6. The summed E-state index contributed by atoms with van der Waals surface area (Å²) in [5.41, 5.74) is 1.84. The maximum Gasteiger partial charge on any atom is 0.286 e. The van der Waals surface area contributed by atoms with Crippen LogP contribution in [0.15, 0.2) is 95.7 Å². The van der Waals surface area contributed by atoms with Gasteiger partial charge < -0.3 is 15.1 Å². The molecule has 0 fully saturated rings. The molecule has 0 bridgehead atoms. The molecule has 0 saturated carbocycles. The lowest BCUT2D eigenvalue weighted by Gasteiger charge is -2.23. The first-order valence-corrected chi connectivity index (χ1v) is 15.3. The predicted molar refractivity (Wildman–Crippen MR) is 172 cm³/mol. The largest absolute Gasteiger partial charge is 0.413 e. The molecule has 5 aromatic rings. The highest BCUT2D eigenvalue weighted by Crippen LogP contribution is 2.27. The fraction of sp³-hybridized carbons (Fsp3) is 0.200. The third kappa shape index (κ3) is 8.11. The molecule has 2 atom stereocenters. The standard InChI is InChI=1S/C35H30ClF2N5O4/c1-2-3-13-29(31(44)35-43-42-34(47-35)23-8-7-18-39-20-23)40-33(46)30(19-25-27(37)11-6-12-28(25)38)41-32(45)22-16-14-21(15-17-22)24-9-4-5-10-26(24)36/h4-12,14-18,20,29-30H,2-3,13,19H2,1H3,(H,40,46)(H,41,45)/t29-,30?/m0/s1.